The van der Waals surface area contributed by atoms with Crippen molar-refractivity contribution in [3.8, 4) is 0 Å². The predicted molar refractivity (Wildman–Crippen MR) is 168 cm³/mol. The van der Waals surface area contributed by atoms with Gasteiger partial charge in [0.25, 0.3) is 0 Å². The van der Waals surface area contributed by atoms with Gasteiger partial charge in [-0.2, -0.15) is 12.6 Å². The van der Waals surface area contributed by atoms with E-state index in [1.807, 2.05) is 13.8 Å². The monoisotopic (exact) mass is 614 g/mol. The minimum atomic E-state index is -2.48. The molecule has 0 radical (unpaired) electrons. The van der Waals surface area contributed by atoms with Gasteiger partial charge in [-0.25, -0.2) is 0 Å². The van der Waals surface area contributed by atoms with Crippen LogP contribution in [0, 0.1) is 17.8 Å². The molecule has 0 aliphatic heterocycles. The van der Waals surface area contributed by atoms with E-state index < -0.39 is 17.1 Å². The molecule has 2 N–H and O–H groups in total. The van der Waals surface area contributed by atoms with E-state index in [9.17, 15) is 15.0 Å². The number of hydrogen-bond donors (Lipinski definition) is 3. The molecule has 0 saturated carbocycles. The second-order valence-electron chi connectivity index (χ2n) is 11.2. The molecule has 0 spiro atoms. The van der Waals surface area contributed by atoms with Gasteiger partial charge in [0.2, 0.25) is 0 Å². The SMILES string of the molecule is CCCCCCC(=O)SCCC[Si](C)(OCC(C)CO)OCC(C)CO[Si](C)(CCCS)OCC(C)CO. The van der Waals surface area contributed by atoms with Crippen molar-refractivity contribution >= 4 is 46.6 Å². The molecule has 38 heavy (non-hydrogen) atoms. The number of thioether (sulfide) groups is 1. The Morgan fingerprint density at radius 3 is 1.68 bits per heavy atom. The van der Waals surface area contributed by atoms with Crippen molar-refractivity contribution in [1.29, 1.82) is 0 Å². The van der Waals surface area contributed by atoms with Gasteiger partial charge in [-0.1, -0.05) is 58.7 Å². The first-order valence-corrected chi connectivity index (χ1v) is 21.2. The highest BCUT2D eigenvalue weighted by Gasteiger charge is 2.34. The fraction of sp³-hybridized carbons (Fsp3) is 0.963. The minimum absolute atomic E-state index is 0.0576. The van der Waals surface area contributed by atoms with Gasteiger partial charge in [0.05, 0.1) is 0 Å². The second kappa shape index (κ2) is 23.2. The van der Waals surface area contributed by atoms with Crippen molar-refractivity contribution in [3.05, 3.63) is 0 Å². The second-order valence-corrected chi connectivity index (χ2v) is 19.4. The maximum absolute atomic E-state index is 12.2. The van der Waals surface area contributed by atoms with Crippen molar-refractivity contribution < 1.29 is 32.7 Å². The summed E-state index contributed by atoms with van der Waals surface area (Å²) < 4.78 is 25.3. The lowest BCUT2D eigenvalue weighted by Crippen LogP contribution is -2.43. The van der Waals surface area contributed by atoms with E-state index in [4.69, 9.17) is 17.7 Å². The minimum Gasteiger partial charge on any atom is -0.396 e. The average molecular weight is 615 g/mol. The Hall–Kier alpha value is 0.564. The van der Waals surface area contributed by atoms with E-state index in [1.165, 1.54) is 24.6 Å². The van der Waals surface area contributed by atoms with Crippen LogP contribution in [0.4, 0.5) is 0 Å². The summed E-state index contributed by atoms with van der Waals surface area (Å²) in [5.74, 6) is 1.89. The van der Waals surface area contributed by atoms with Crippen LogP contribution in [0.15, 0.2) is 0 Å². The van der Waals surface area contributed by atoms with E-state index in [0.29, 0.717) is 32.8 Å². The fourth-order valence-electron chi connectivity index (χ4n) is 3.55. The van der Waals surface area contributed by atoms with E-state index in [-0.39, 0.29) is 36.1 Å². The van der Waals surface area contributed by atoms with E-state index in [0.717, 1.165) is 49.3 Å². The quantitative estimate of drug-likeness (QED) is 0.0618. The number of thiol groups is 1. The smallest absolute Gasteiger partial charge is 0.334 e. The van der Waals surface area contributed by atoms with Crippen LogP contribution in [0.2, 0.25) is 25.2 Å². The Labute approximate surface area is 245 Å². The Morgan fingerprint density at radius 2 is 1.24 bits per heavy atom. The van der Waals surface area contributed by atoms with Gasteiger partial charge in [0, 0.05) is 69.6 Å². The van der Waals surface area contributed by atoms with Crippen molar-refractivity contribution in [3.63, 3.8) is 0 Å². The molecule has 0 aromatic rings. The molecule has 5 unspecified atom stereocenters. The topological polar surface area (TPSA) is 94.5 Å². The van der Waals surface area contributed by atoms with Crippen LogP contribution in [-0.4, -0.2) is 83.6 Å². The Bertz CT molecular complexity index is 594. The number of carbonyl (C=O) groups excluding carboxylic acids is 1. The average Bonchev–Trinajstić information content (AvgIpc) is 2.92. The summed E-state index contributed by atoms with van der Waals surface area (Å²) >= 11 is 5.78. The van der Waals surface area contributed by atoms with Gasteiger partial charge in [-0.3, -0.25) is 4.79 Å². The van der Waals surface area contributed by atoms with Crippen LogP contribution < -0.4 is 0 Å². The van der Waals surface area contributed by atoms with Crippen molar-refractivity contribution in [2.24, 2.45) is 17.8 Å². The molecule has 228 valence electrons. The molecule has 11 heteroatoms. The molecule has 0 amide bonds. The highest BCUT2D eigenvalue weighted by Crippen LogP contribution is 2.23. The standard InChI is InChI=1S/C27H58O7S2Si2/c1-7-8-9-10-13-27(30)36-15-12-17-38(6,32-21-25(3)19-29)34-23-26(4)22-33-37(5,16-11-14-35)31-20-24(2)18-28/h24-26,28-29,35H,7-23H2,1-6H3. The van der Waals surface area contributed by atoms with E-state index in [1.54, 1.807) is 0 Å². The lowest BCUT2D eigenvalue weighted by molar-refractivity contribution is -0.111. The van der Waals surface area contributed by atoms with Crippen LogP contribution in [0.5, 0.6) is 0 Å². The number of aliphatic hydroxyl groups is 2. The number of unbranched alkanes of at least 4 members (excludes halogenated alkanes) is 3. The third-order valence-electron chi connectivity index (χ3n) is 6.38. The highest BCUT2D eigenvalue weighted by molar-refractivity contribution is 8.13. The third kappa shape index (κ3) is 20.4. The molecule has 0 aliphatic rings. The summed E-state index contributed by atoms with van der Waals surface area (Å²) in [6, 6.07) is 1.68. The molecule has 7 nitrogen and oxygen atoms in total. The molecule has 0 bridgehead atoms. The van der Waals surface area contributed by atoms with Crippen LogP contribution in [-0.2, 0) is 22.5 Å². The van der Waals surface area contributed by atoms with Gasteiger partial charge in [-0.15, -0.1) is 0 Å². The maximum Gasteiger partial charge on any atom is 0.334 e. The molecule has 0 fully saturated rings. The zero-order valence-electron chi connectivity index (χ0n) is 25.0. The molecule has 0 aromatic heterocycles. The molecular formula is C27H58O7S2Si2. The highest BCUT2D eigenvalue weighted by atomic mass is 32.2. The number of hydrogen-bond acceptors (Lipinski definition) is 9. The van der Waals surface area contributed by atoms with Crippen LogP contribution in [0.25, 0.3) is 0 Å². The molecular weight excluding hydrogens is 557 g/mol. The summed E-state index contributed by atoms with van der Waals surface area (Å²) in [6.07, 6.45) is 6.96. The molecule has 0 heterocycles. The zero-order valence-corrected chi connectivity index (χ0v) is 28.8. The van der Waals surface area contributed by atoms with Crippen LogP contribution in [0.1, 0.15) is 72.6 Å². The predicted octanol–water partition coefficient (Wildman–Crippen LogP) is 6.03. The van der Waals surface area contributed by atoms with Crippen LogP contribution in [0.3, 0.4) is 0 Å². The third-order valence-corrected chi connectivity index (χ3v) is 13.3. The van der Waals surface area contributed by atoms with E-state index in [2.05, 4.69) is 39.6 Å². The first kappa shape index (κ1) is 38.6. The van der Waals surface area contributed by atoms with Crippen LogP contribution >= 0.6 is 24.4 Å². The maximum atomic E-state index is 12.2. The van der Waals surface area contributed by atoms with Crippen molar-refractivity contribution in [1.82, 2.24) is 0 Å². The first-order chi connectivity index (χ1) is 18.0. The normalized spacial score (nSPS) is 17.5. The first-order valence-electron chi connectivity index (χ1n) is 14.6. The van der Waals surface area contributed by atoms with Gasteiger partial charge in [0.1, 0.15) is 0 Å². The molecule has 0 saturated heterocycles. The fourth-order valence-corrected chi connectivity index (χ4v) is 9.99. The van der Waals surface area contributed by atoms with Gasteiger partial charge < -0.3 is 27.9 Å². The summed E-state index contributed by atoms with van der Waals surface area (Å²) in [7, 11) is -4.85. The lowest BCUT2D eigenvalue weighted by Gasteiger charge is -2.32. The number of aliphatic hydroxyl groups excluding tert-OH is 2. The summed E-state index contributed by atoms with van der Waals surface area (Å²) in [6.45, 7) is 14.6. The van der Waals surface area contributed by atoms with Gasteiger partial charge in [-0.05, 0) is 50.2 Å². The Morgan fingerprint density at radius 1 is 0.763 bits per heavy atom. The molecule has 0 rings (SSSR count). The van der Waals surface area contributed by atoms with Crippen molar-refractivity contribution in [2.75, 3.05) is 51.1 Å². The summed E-state index contributed by atoms with van der Waals surface area (Å²) in [4.78, 5) is 12.2. The summed E-state index contributed by atoms with van der Waals surface area (Å²) in [5.41, 5.74) is 0. The molecule has 5 atom stereocenters. The zero-order chi connectivity index (χ0) is 28.9. The molecule has 0 aliphatic carbocycles. The Balaban J connectivity index is 4.77. The lowest BCUT2D eigenvalue weighted by atomic mass is 10.2. The number of rotatable bonds is 26. The summed E-state index contributed by atoms with van der Waals surface area (Å²) in [5, 5.41) is 19.1. The molecule has 0 aromatic carbocycles. The largest absolute Gasteiger partial charge is 0.396 e. The number of carbonyl (C=O) groups is 1. The van der Waals surface area contributed by atoms with E-state index >= 15 is 0 Å². The van der Waals surface area contributed by atoms with Gasteiger partial charge >= 0.3 is 17.1 Å². The Kier molecular flexibility index (Phi) is 23.5. The van der Waals surface area contributed by atoms with Crippen molar-refractivity contribution in [2.45, 2.75) is 97.8 Å². The van der Waals surface area contributed by atoms with Gasteiger partial charge in [0.15, 0.2) is 5.12 Å².